The van der Waals surface area contributed by atoms with Gasteiger partial charge >= 0.3 is 0 Å². The molecule has 1 aromatic heterocycles. The Labute approximate surface area is 85.7 Å². The van der Waals surface area contributed by atoms with E-state index < -0.39 is 0 Å². The van der Waals surface area contributed by atoms with Crippen molar-refractivity contribution in [2.75, 3.05) is 0 Å². The Hall–Kier alpha value is -0.890. The Morgan fingerprint density at radius 2 is 2.36 bits per heavy atom. The van der Waals surface area contributed by atoms with Crippen LogP contribution >= 0.6 is 0 Å². The van der Waals surface area contributed by atoms with Crippen LogP contribution in [-0.2, 0) is 6.54 Å². The van der Waals surface area contributed by atoms with Crippen LogP contribution in [0.3, 0.4) is 0 Å². The fraction of sp³-hybridized carbons (Fsp3) is 0.583. The molecule has 0 bridgehead atoms. The first-order valence-electron chi connectivity index (χ1n) is 5.44. The van der Waals surface area contributed by atoms with E-state index in [4.69, 9.17) is 0 Å². The molecule has 2 atom stereocenters. The number of aromatic nitrogens is 1. The second-order valence-corrected chi connectivity index (χ2v) is 4.22. The van der Waals surface area contributed by atoms with Gasteiger partial charge in [0.2, 0.25) is 0 Å². The lowest BCUT2D eigenvalue weighted by molar-refractivity contribution is 0.616. The van der Waals surface area contributed by atoms with E-state index in [2.05, 4.69) is 36.3 Å². The number of hydrogen-bond acceptors (Lipinski definition) is 2. The van der Waals surface area contributed by atoms with Gasteiger partial charge in [0.05, 0.1) is 5.69 Å². The van der Waals surface area contributed by atoms with E-state index >= 15 is 0 Å². The SMILES string of the molecule is CCC1CC1NCc1ccc(C)cn1. The van der Waals surface area contributed by atoms with E-state index in [-0.39, 0.29) is 0 Å². The van der Waals surface area contributed by atoms with Crippen molar-refractivity contribution in [1.29, 1.82) is 0 Å². The summed E-state index contributed by atoms with van der Waals surface area (Å²) >= 11 is 0. The molecule has 1 aromatic rings. The summed E-state index contributed by atoms with van der Waals surface area (Å²) in [7, 11) is 0. The normalized spacial score (nSPS) is 25.0. The molecular weight excluding hydrogens is 172 g/mol. The predicted octanol–water partition coefficient (Wildman–Crippen LogP) is 2.28. The van der Waals surface area contributed by atoms with Crippen LogP contribution in [0.2, 0.25) is 0 Å². The smallest absolute Gasteiger partial charge is 0.0541 e. The zero-order chi connectivity index (χ0) is 9.97. The summed E-state index contributed by atoms with van der Waals surface area (Å²) in [6.07, 6.45) is 4.59. The minimum atomic E-state index is 0.753. The molecule has 0 radical (unpaired) electrons. The second-order valence-electron chi connectivity index (χ2n) is 4.22. The molecule has 0 spiro atoms. The van der Waals surface area contributed by atoms with Crippen molar-refractivity contribution in [2.45, 2.75) is 39.3 Å². The lowest BCUT2D eigenvalue weighted by Crippen LogP contribution is -2.18. The molecule has 0 aliphatic heterocycles. The van der Waals surface area contributed by atoms with E-state index in [0.717, 1.165) is 24.2 Å². The fourth-order valence-corrected chi connectivity index (χ4v) is 1.79. The van der Waals surface area contributed by atoms with Gasteiger partial charge in [-0.2, -0.15) is 0 Å². The average Bonchev–Trinajstić information content (AvgIpc) is 2.96. The third-order valence-corrected chi connectivity index (χ3v) is 2.96. The molecule has 2 nitrogen and oxygen atoms in total. The lowest BCUT2D eigenvalue weighted by atomic mass is 10.2. The first-order chi connectivity index (χ1) is 6.79. The summed E-state index contributed by atoms with van der Waals surface area (Å²) in [5, 5.41) is 3.53. The summed E-state index contributed by atoms with van der Waals surface area (Å²) < 4.78 is 0. The Morgan fingerprint density at radius 3 is 2.93 bits per heavy atom. The molecular formula is C12H18N2. The van der Waals surface area contributed by atoms with Crippen molar-refractivity contribution in [1.82, 2.24) is 10.3 Å². The van der Waals surface area contributed by atoms with Crippen molar-refractivity contribution in [3.63, 3.8) is 0 Å². The summed E-state index contributed by atoms with van der Waals surface area (Å²) in [6, 6.07) is 4.97. The van der Waals surface area contributed by atoms with Gasteiger partial charge in [0.25, 0.3) is 0 Å². The van der Waals surface area contributed by atoms with Crippen LogP contribution in [0.25, 0.3) is 0 Å². The van der Waals surface area contributed by atoms with Gasteiger partial charge in [0.15, 0.2) is 0 Å². The molecule has 2 unspecified atom stereocenters. The van der Waals surface area contributed by atoms with Gasteiger partial charge < -0.3 is 5.32 Å². The minimum Gasteiger partial charge on any atom is -0.308 e. The monoisotopic (exact) mass is 190 g/mol. The van der Waals surface area contributed by atoms with Gasteiger partial charge in [-0.15, -0.1) is 0 Å². The second kappa shape index (κ2) is 4.09. The highest BCUT2D eigenvalue weighted by Crippen LogP contribution is 2.33. The number of hydrogen-bond donors (Lipinski definition) is 1. The van der Waals surface area contributed by atoms with Crippen LogP contribution in [0.5, 0.6) is 0 Å². The quantitative estimate of drug-likeness (QED) is 0.788. The maximum atomic E-state index is 4.37. The van der Waals surface area contributed by atoms with Gasteiger partial charge in [0.1, 0.15) is 0 Å². The highest BCUT2D eigenvalue weighted by molar-refractivity contribution is 5.12. The Morgan fingerprint density at radius 1 is 1.50 bits per heavy atom. The fourth-order valence-electron chi connectivity index (χ4n) is 1.79. The number of aryl methyl sites for hydroxylation is 1. The topological polar surface area (TPSA) is 24.9 Å². The summed E-state index contributed by atoms with van der Waals surface area (Å²) in [5.41, 5.74) is 2.38. The molecule has 76 valence electrons. The van der Waals surface area contributed by atoms with Crippen LogP contribution in [0, 0.1) is 12.8 Å². The number of nitrogens with one attached hydrogen (secondary N) is 1. The zero-order valence-electron chi connectivity index (χ0n) is 8.96. The van der Waals surface area contributed by atoms with Gasteiger partial charge in [0, 0.05) is 18.8 Å². The Balaban J connectivity index is 1.78. The van der Waals surface area contributed by atoms with E-state index in [0.29, 0.717) is 0 Å². The van der Waals surface area contributed by atoms with E-state index in [1.165, 1.54) is 18.4 Å². The average molecular weight is 190 g/mol. The molecule has 0 aromatic carbocycles. The van der Waals surface area contributed by atoms with Crippen molar-refractivity contribution < 1.29 is 0 Å². The molecule has 1 heterocycles. The lowest BCUT2D eigenvalue weighted by Gasteiger charge is -2.03. The predicted molar refractivity (Wildman–Crippen MR) is 58.0 cm³/mol. The van der Waals surface area contributed by atoms with Crippen molar-refractivity contribution in [3.05, 3.63) is 29.6 Å². The van der Waals surface area contributed by atoms with E-state index in [9.17, 15) is 0 Å². The maximum Gasteiger partial charge on any atom is 0.0541 e. The molecule has 2 heteroatoms. The van der Waals surface area contributed by atoms with Crippen molar-refractivity contribution in [2.24, 2.45) is 5.92 Å². The highest BCUT2D eigenvalue weighted by Gasteiger charge is 2.34. The molecule has 14 heavy (non-hydrogen) atoms. The molecule has 2 rings (SSSR count). The van der Waals surface area contributed by atoms with Crippen molar-refractivity contribution >= 4 is 0 Å². The molecule has 0 saturated heterocycles. The van der Waals surface area contributed by atoms with Crippen LogP contribution in [0.4, 0.5) is 0 Å². The van der Waals surface area contributed by atoms with E-state index in [1.54, 1.807) is 0 Å². The molecule has 1 saturated carbocycles. The standard InChI is InChI=1S/C12H18N2/c1-3-10-6-12(10)14-8-11-5-4-9(2)7-13-11/h4-5,7,10,12,14H,3,6,8H2,1-2H3. The van der Waals surface area contributed by atoms with Gasteiger partial charge in [-0.05, 0) is 30.9 Å². The largest absolute Gasteiger partial charge is 0.308 e. The van der Waals surface area contributed by atoms with Crippen LogP contribution < -0.4 is 5.32 Å². The summed E-state index contributed by atoms with van der Waals surface area (Å²) in [4.78, 5) is 4.37. The first kappa shape index (κ1) is 9.66. The maximum absolute atomic E-state index is 4.37. The third kappa shape index (κ3) is 2.32. The minimum absolute atomic E-state index is 0.753. The first-order valence-corrected chi connectivity index (χ1v) is 5.44. The van der Waals surface area contributed by atoms with Crippen LogP contribution in [0.1, 0.15) is 31.0 Å². The number of nitrogens with zero attached hydrogens (tertiary/aromatic N) is 1. The van der Waals surface area contributed by atoms with Crippen molar-refractivity contribution in [3.8, 4) is 0 Å². The van der Waals surface area contributed by atoms with Gasteiger partial charge in [-0.25, -0.2) is 0 Å². The summed E-state index contributed by atoms with van der Waals surface area (Å²) in [6.45, 7) is 5.25. The molecule has 1 N–H and O–H groups in total. The van der Waals surface area contributed by atoms with Crippen LogP contribution in [0.15, 0.2) is 18.3 Å². The molecule has 0 amide bonds. The Kier molecular flexibility index (Phi) is 2.82. The third-order valence-electron chi connectivity index (χ3n) is 2.96. The number of pyridine rings is 1. The number of rotatable bonds is 4. The van der Waals surface area contributed by atoms with Gasteiger partial charge in [-0.1, -0.05) is 19.4 Å². The highest BCUT2D eigenvalue weighted by atomic mass is 15.0. The van der Waals surface area contributed by atoms with Crippen LogP contribution in [-0.4, -0.2) is 11.0 Å². The zero-order valence-corrected chi connectivity index (χ0v) is 8.96. The molecule has 1 fully saturated rings. The Bertz CT molecular complexity index is 292. The summed E-state index contributed by atoms with van der Waals surface area (Å²) in [5.74, 6) is 0.917. The van der Waals surface area contributed by atoms with E-state index in [1.807, 2.05) is 6.20 Å². The molecule has 1 aliphatic rings. The molecule has 1 aliphatic carbocycles. The van der Waals surface area contributed by atoms with Gasteiger partial charge in [-0.3, -0.25) is 4.98 Å².